The second kappa shape index (κ2) is 8.22. The number of fused-ring (bicyclic) bond motifs is 1. The first-order chi connectivity index (χ1) is 14.4. The molecule has 4 rings (SSSR count). The van der Waals surface area contributed by atoms with Crippen molar-refractivity contribution >= 4 is 28.5 Å². The quantitative estimate of drug-likeness (QED) is 0.713. The van der Waals surface area contributed by atoms with E-state index in [0.717, 1.165) is 11.0 Å². The van der Waals surface area contributed by atoms with Crippen LogP contribution in [0.3, 0.4) is 0 Å². The number of likely N-dealkylation sites (tertiary alicyclic amines) is 1. The van der Waals surface area contributed by atoms with Crippen LogP contribution in [-0.2, 0) is 4.79 Å². The summed E-state index contributed by atoms with van der Waals surface area (Å²) in [4.78, 5) is 31.4. The molecule has 1 aromatic carbocycles. The van der Waals surface area contributed by atoms with E-state index >= 15 is 0 Å². The van der Waals surface area contributed by atoms with E-state index in [1.807, 2.05) is 24.6 Å². The largest absolute Gasteiger partial charge is 0.339 e. The van der Waals surface area contributed by atoms with Gasteiger partial charge in [0.1, 0.15) is 5.82 Å². The fourth-order valence-corrected chi connectivity index (χ4v) is 3.75. The molecule has 1 aliphatic heterocycles. The number of hydrogen-bond donors (Lipinski definition) is 1. The van der Waals surface area contributed by atoms with E-state index in [1.165, 1.54) is 24.3 Å². The summed E-state index contributed by atoms with van der Waals surface area (Å²) in [5.41, 5.74) is 1.89. The van der Waals surface area contributed by atoms with Gasteiger partial charge in [0.15, 0.2) is 5.65 Å². The molecule has 8 heteroatoms. The molecule has 0 atom stereocenters. The Bertz CT molecular complexity index is 1070. The van der Waals surface area contributed by atoms with Gasteiger partial charge < -0.3 is 10.2 Å². The molecule has 0 bridgehead atoms. The summed E-state index contributed by atoms with van der Waals surface area (Å²) in [6, 6.07) is 7.62. The molecule has 0 unspecified atom stereocenters. The zero-order valence-corrected chi connectivity index (χ0v) is 17.0. The van der Waals surface area contributed by atoms with Crippen molar-refractivity contribution in [2.75, 3.05) is 18.4 Å². The van der Waals surface area contributed by atoms with Gasteiger partial charge in [-0.25, -0.2) is 14.1 Å². The van der Waals surface area contributed by atoms with E-state index in [-0.39, 0.29) is 29.6 Å². The Hall–Kier alpha value is -3.29. The molecular weight excluding hydrogens is 385 g/mol. The van der Waals surface area contributed by atoms with Gasteiger partial charge >= 0.3 is 0 Å². The van der Waals surface area contributed by atoms with Crippen LogP contribution in [0.15, 0.2) is 42.7 Å². The highest BCUT2D eigenvalue weighted by Gasteiger charge is 2.28. The zero-order chi connectivity index (χ0) is 21.3. The number of amides is 2. The van der Waals surface area contributed by atoms with Crippen molar-refractivity contribution in [3.63, 3.8) is 0 Å². The van der Waals surface area contributed by atoms with Gasteiger partial charge in [0.25, 0.3) is 5.91 Å². The van der Waals surface area contributed by atoms with Gasteiger partial charge in [-0.3, -0.25) is 9.59 Å². The van der Waals surface area contributed by atoms with Crippen molar-refractivity contribution in [3.05, 3.63) is 54.1 Å². The van der Waals surface area contributed by atoms with Crippen LogP contribution >= 0.6 is 0 Å². The number of benzene rings is 1. The van der Waals surface area contributed by atoms with Crippen LogP contribution < -0.4 is 5.32 Å². The highest BCUT2D eigenvalue weighted by atomic mass is 19.1. The molecule has 3 aromatic rings. The van der Waals surface area contributed by atoms with Crippen LogP contribution in [0.5, 0.6) is 0 Å². The Balaban J connectivity index is 1.36. The summed E-state index contributed by atoms with van der Waals surface area (Å²) in [6.45, 7) is 5.06. The van der Waals surface area contributed by atoms with E-state index in [9.17, 15) is 14.0 Å². The van der Waals surface area contributed by atoms with Gasteiger partial charge in [-0.2, -0.15) is 5.10 Å². The van der Waals surface area contributed by atoms with Crippen molar-refractivity contribution in [1.29, 1.82) is 0 Å². The van der Waals surface area contributed by atoms with Crippen LogP contribution in [0.1, 0.15) is 43.1 Å². The SMILES string of the molecule is CC(C)n1ncc2cc(NC(=O)C3CCN(C(=O)c4ccc(F)cc4)CC3)cnc21. The topological polar surface area (TPSA) is 80.1 Å². The standard InChI is InChI=1S/C22H24FN5O2/c1-14(2)28-20-17(12-25-28)11-19(13-24-20)26-21(29)15-7-9-27(10-8-15)22(30)16-3-5-18(23)6-4-16/h3-6,11-15H,7-10H2,1-2H3,(H,26,29). The molecule has 1 aliphatic rings. The first-order valence-corrected chi connectivity index (χ1v) is 10.1. The summed E-state index contributed by atoms with van der Waals surface area (Å²) in [7, 11) is 0. The van der Waals surface area contributed by atoms with Crippen LogP contribution in [-0.4, -0.2) is 44.6 Å². The van der Waals surface area contributed by atoms with Crippen molar-refractivity contribution in [3.8, 4) is 0 Å². The molecule has 2 aromatic heterocycles. The van der Waals surface area contributed by atoms with Gasteiger partial charge in [0.05, 0.1) is 18.1 Å². The van der Waals surface area contributed by atoms with Gasteiger partial charge in [0, 0.05) is 36.0 Å². The minimum atomic E-state index is -0.369. The lowest BCUT2D eigenvalue weighted by molar-refractivity contribution is -0.121. The average molecular weight is 409 g/mol. The summed E-state index contributed by atoms with van der Waals surface area (Å²) in [5, 5.41) is 8.16. The van der Waals surface area contributed by atoms with Crippen molar-refractivity contribution < 1.29 is 14.0 Å². The maximum atomic E-state index is 13.1. The molecule has 1 N–H and O–H groups in total. The third-order valence-corrected chi connectivity index (χ3v) is 5.43. The minimum absolute atomic E-state index is 0.0683. The van der Waals surface area contributed by atoms with Crippen LogP contribution in [0.2, 0.25) is 0 Å². The number of halogens is 1. The Morgan fingerprint density at radius 1 is 1.13 bits per heavy atom. The Morgan fingerprint density at radius 3 is 2.50 bits per heavy atom. The molecule has 30 heavy (non-hydrogen) atoms. The lowest BCUT2D eigenvalue weighted by atomic mass is 9.95. The molecule has 3 heterocycles. The molecule has 2 amide bonds. The second-order valence-corrected chi connectivity index (χ2v) is 7.88. The van der Waals surface area contributed by atoms with Crippen molar-refractivity contribution in [2.45, 2.75) is 32.7 Å². The summed E-state index contributed by atoms with van der Waals surface area (Å²) in [5.74, 6) is -0.741. The van der Waals surface area contributed by atoms with Crippen LogP contribution in [0.4, 0.5) is 10.1 Å². The van der Waals surface area contributed by atoms with Gasteiger partial charge in [-0.05, 0) is 57.0 Å². The predicted octanol–water partition coefficient (Wildman–Crippen LogP) is 3.64. The highest BCUT2D eigenvalue weighted by Crippen LogP contribution is 2.23. The van der Waals surface area contributed by atoms with Gasteiger partial charge in [-0.1, -0.05) is 0 Å². The van der Waals surface area contributed by atoms with E-state index in [2.05, 4.69) is 15.4 Å². The van der Waals surface area contributed by atoms with Crippen molar-refractivity contribution in [2.24, 2.45) is 5.92 Å². The van der Waals surface area contributed by atoms with E-state index in [0.29, 0.717) is 37.2 Å². The van der Waals surface area contributed by atoms with E-state index in [4.69, 9.17) is 0 Å². The Kier molecular flexibility index (Phi) is 5.48. The number of nitrogens with one attached hydrogen (secondary N) is 1. The summed E-state index contributed by atoms with van der Waals surface area (Å²) in [6.07, 6.45) is 4.56. The van der Waals surface area contributed by atoms with Crippen LogP contribution in [0.25, 0.3) is 11.0 Å². The molecule has 1 fully saturated rings. The number of rotatable bonds is 4. The molecule has 0 saturated carbocycles. The monoisotopic (exact) mass is 409 g/mol. The second-order valence-electron chi connectivity index (χ2n) is 7.88. The maximum absolute atomic E-state index is 13.1. The summed E-state index contributed by atoms with van der Waals surface area (Å²) >= 11 is 0. The summed E-state index contributed by atoms with van der Waals surface area (Å²) < 4.78 is 14.9. The number of piperidine rings is 1. The molecule has 156 valence electrons. The first kappa shape index (κ1) is 20.0. The van der Waals surface area contributed by atoms with Crippen molar-refractivity contribution in [1.82, 2.24) is 19.7 Å². The Labute approximate surface area is 173 Å². The Morgan fingerprint density at radius 2 is 1.83 bits per heavy atom. The third-order valence-electron chi connectivity index (χ3n) is 5.43. The fourth-order valence-electron chi connectivity index (χ4n) is 3.75. The number of aromatic nitrogens is 3. The number of anilines is 1. The maximum Gasteiger partial charge on any atom is 0.253 e. The number of pyridine rings is 1. The molecular formula is C22H24FN5O2. The minimum Gasteiger partial charge on any atom is -0.339 e. The number of nitrogens with zero attached hydrogens (tertiary/aromatic N) is 4. The van der Waals surface area contributed by atoms with Gasteiger partial charge in [-0.15, -0.1) is 0 Å². The highest BCUT2D eigenvalue weighted by molar-refractivity contribution is 5.96. The molecule has 0 aliphatic carbocycles. The third kappa shape index (κ3) is 4.03. The van der Waals surface area contributed by atoms with E-state index in [1.54, 1.807) is 17.3 Å². The lowest BCUT2D eigenvalue weighted by Crippen LogP contribution is -2.41. The molecule has 0 spiro atoms. The molecule has 1 saturated heterocycles. The number of hydrogen-bond acceptors (Lipinski definition) is 4. The molecule has 0 radical (unpaired) electrons. The first-order valence-electron chi connectivity index (χ1n) is 10.1. The molecule has 7 nitrogen and oxygen atoms in total. The number of carbonyl (C=O) groups excluding carboxylic acids is 2. The smallest absolute Gasteiger partial charge is 0.253 e. The fraction of sp³-hybridized carbons (Fsp3) is 0.364. The normalized spacial score (nSPS) is 15.0. The average Bonchev–Trinajstić information content (AvgIpc) is 3.17. The van der Waals surface area contributed by atoms with Gasteiger partial charge in [0.2, 0.25) is 5.91 Å². The van der Waals surface area contributed by atoms with Crippen LogP contribution in [0, 0.1) is 11.7 Å². The lowest BCUT2D eigenvalue weighted by Gasteiger charge is -2.31. The number of carbonyl (C=O) groups is 2. The zero-order valence-electron chi connectivity index (χ0n) is 17.0. The van der Waals surface area contributed by atoms with E-state index < -0.39 is 0 Å². The predicted molar refractivity (Wildman–Crippen MR) is 112 cm³/mol.